The first-order valence-corrected chi connectivity index (χ1v) is 4.37. The molecule has 1 unspecified atom stereocenters. The van der Waals surface area contributed by atoms with Gasteiger partial charge < -0.3 is 10.1 Å². The molecule has 0 aliphatic carbocycles. The number of rotatable bonds is 1. The van der Waals surface area contributed by atoms with E-state index in [4.69, 9.17) is 5.21 Å². The summed E-state index contributed by atoms with van der Waals surface area (Å²) in [6.07, 6.45) is 0. The lowest BCUT2D eigenvalue weighted by molar-refractivity contribution is 0.313. The number of benzene rings is 1. The summed E-state index contributed by atoms with van der Waals surface area (Å²) in [5, 5.41) is 12.2. The molecule has 0 amide bonds. The molecular formula is C10H12N2O. The maximum absolute atomic E-state index is 8.85. The third kappa shape index (κ3) is 1.49. The van der Waals surface area contributed by atoms with Crippen LogP contribution in [0, 0.1) is 0 Å². The zero-order valence-corrected chi connectivity index (χ0v) is 7.51. The minimum Gasteiger partial charge on any atom is -0.409 e. The van der Waals surface area contributed by atoms with Crippen molar-refractivity contribution in [2.75, 3.05) is 6.54 Å². The fourth-order valence-corrected chi connectivity index (χ4v) is 1.40. The molecule has 68 valence electrons. The fraction of sp³-hybridized carbons (Fsp3) is 0.300. The fourth-order valence-electron chi connectivity index (χ4n) is 1.40. The Morgan fingerprint density at radius 2 is 2.08 bits per heavy atom. The van der Waals surface area contributed by atoms with Crippen molar-refractivity contribution in [3.8, 4) is 0 Å². The molecule has 0 aromatic heterocycles. The molecule has 2 rings (SSSR count). The quantitative estimate of drug-likeness (QED) is 0.231. The lowest BCUT2D eigenvalue weighted by Gasteiger charge is -2.05. The average Bonchev–Trinajstić information content (AvgIpc) is 2.86. The Balaban J connectivity index is 2.24. The van der Waals surface area contributed by atoms with Crippen LogP contribution in [-0.2, 0) is 0 Å². The second-order valence-corrected chi connectivity index (χ2v) is 3.29. The predicted molar refractivity (Wildman–Crippen MR) is 50.9 cm³/mol. The van der Waals surface area contributed by atoms with E-state index >= 15 is 0 Å². The summed E-state index contributed by atoms with van der Waals surface area (Å²) >= 11 is 0. The topological polar surface area (TPSA) is 35.6 Å². The molecule has 1 fully saturated rings. The Morgan fingerprint density at radius 3 is 2.54 bits per heavy atom. The standard InChI is InChI=1S/C10H12N2O/c1-8-7-12(8)10(11-13)9-5-3-2-4-6-9/h2-6,8,13H,7H2,1H3. The minimum atomic E-state index is 0.506. The van der Waals surface area contributed by atoms with Crippen molar-refractivity contribution in [1.82, 2.24) is 4.90 Å². The summed E-state index contributed by atoms with van der Waals surface area (Å²) < 4.78 is 0. The molecular weight excluding hydrogens is 164 g/mol. The van der Waals surface area contributed by atoms with Crippen LogP contribution < -0.4 is 0 Å². The predicted octanol–water partition coefficient (Wildman–Crippen LogP) is 1.53. The number of nitrogens with zero attached hydrogens (tertiary/aromatic N) is 2. The molecule has 1 N–H and O–H groups in total. The maximum Gasteiger partial charge on any atom is 0.175 e. The SMILES string of the molecule is CC1CN1C(=NO)c1ccccc1. The second-order valence-electron chi connectivity index (χ2n) is 3.29. The third-order valence-corrected chi connectivity index (χ3v) is 2.26. The van der Waals surface area contributed by atoms with Gasteiger partial charge in [-0.15, -0.1) is 0 Å². The van der Waals surface area contributed by atoms with Gasteiger partial charge in [-0.1, -0.05) is 35.5 Å². The van der Waals surface area contributed by atoms with Gasteiger partial charge in [-0.3, -0.25) is 0 Å². The largest absolute Gasteiger partial charge is 0.409 e. The molecule has 1 heterocycles. The van der Waals surface area contributed by atoms with Gasteiger partial charge in [0.15, 0.2) is 5.84 Å². The van der Waals surface area contributed by atoms with Gasteiger partial charge in [-0.05, 0) is 6.92 Å². The average molecular weight is 176 g/mol. The van der Waals surface area contributed by atoms with E-state index in [1.54, 1.807) is 0 Å². The highest BCUT2D eigenvalue weighted by molar-refractivity contribution is 5.99. The van der Waals surface area contributed by atoms with Crippen LogP contribution >= 0.6 is 0 Å². The van der Waals surface area contributed by atoms with Crippen molar-refractivity contribution in [3.63, 3.8) is 0 Å². The molecule has 1 aliphatic heterocycles. The summed E-state index contributed by atoms with van der Waals surface area (Å²) in [6.45, 7) is 3.09. The molecule has 1 atom stereocenters. The van der Waals surface area contributed by atoms with Gasteiger partial charge in [-0.25, -0.2) is 0 Å². The van der Waals surface area contributed by atoms with Crippen LogP contribution in [0.1, 0.15) is 12.5 Å². The Morgan fingerprint density at radius 1 is 1.46 bits per heavy atom. The highest BCUT2D eigenvalue weighted by Crippen LogP contribution is 2.20. The Hall–Kier alpha value is -1.51. The molecule has 0 spiro atoms. The molecule has 0 bridgehead atoms. The van der Waals surface area contributed by atoms with Gasteiger partial charge in [0.2, 0.25) is 0 Å². The van der Waals surface area contributed by atoms with Gasteiger partial charge in [-0.2, -0.15) is 0 Å². The molecule has 13 heavy (non-hydrogen) atoms. The van der Waals surface area contributed by atoms with E-state index in [-0.39, 0.29) is 0 Å². The van der Waals surface area contributed by atoms with E-state index < -0.39 is 0 Å². The Kier molecular flexibility index (Phi) is 1.93. The molecule has 0 radical (unpaired) electrons. The van der Waals surface area contributed by atoms with Crippen LogP contribution in [0.25, 0.3) is 0 Å². The van der Waals surface area contributed by atoms with Crippen molar-refractivity contribution in [2.24, 2.45) is 5.16 Å². The first kappa shape index (κ1) is 8.10. The van der Waals surface area contributed by atoms with Crippen molar-refractivity contribution < 1.29 is 5.21 Å². The van der Waals surface area contributed by atoms with E-state index in [1.165, 1.54) is 0 Å². The zero-order valence-electron chi connectivity index (χ0n) is 7.51. The summed E-state index contributed by atoms with van der Waals surface area (Å²) in [4.78, 5) is 2.05. The number of hydrogen-bond donors (Lipinski definition) is 1. The monoisotopic (exact) mass is 176 g/mol. The molecule has 3 heteroatoms. The molecule has 1 aromatic rings. The van der Waals surface area contributed by atoms with E-state index in [2.05, 4.69) is 17.0 Å². The number of amidine groups is 1. The second kappa shape index (κ2) is 3.09. The number of hydrogen-bond acceptors (Lipinski definition) is 2. The Bertz CT molecular complexity index is 321. The van der Waals surface area contributed by atoms with Crippen LogP contribution in [-0.4, -0.2) is 28.5 Å². The molecule has 0 saturated carbocycles. The van der Waals surface area contributed by atoms with Gasteiger partial charge in [0.1, 0.15) is 0 Å². The molecule has 1 aliphatic rings. The molecule has 1 aromatic carbocycles. The highest BCUT2D eigenvalue weighted by Gasteiger charge is 2.33. The van der Waals surface area contributed by atoms with Crippen molar-refractivity contribution in [3.05, 3.63) is 35.9 Å². The first-order chi connectivity index (χ1) is 6.33. The van der Waals surface area contributed by atoms with Crippen LogP contribution in [0.5, 0.6) is 0 Å². The van der Waals surface area contributed by atoms with Crippen molar-refractivity contribution in [1.29, 1.82) is 0 Å². The van der Waals surface area contributed by atoms with Crippen LogP contribution in [0.2, 0.25) is 0 Å². The van der Waals surface area contributed by atoms with Gasteiger partial charge in [0.05, 0.1) is 0 Å². The normalized spacial score (nSPS) is 21.8. The Labute approximate surface area is 77.3 Å². The van der Waals surface area contributed by atoms with Gasteiger partial charge in [0.25, 0.3) is 0 Å². The van der Waals surface area contributed by atoms with Crippen LogP contribution in [0.3, 0.4) is 0 Å². The summed E-state index contributed by atoms with van der Waals surface area (Å²) in [7, 11) is 0. The zero-order chi connectivity index (χ0) is 9.26. The summed E-state index contributed by atoms with van der Waals surface area (Å²) in [5.74, 6) is 0.674. The van der Waals surface area contributed by atoms with E-state index in [0.29, 0.717) is 11.9 Å². The third-order valence-electron chi connectivity index (χ3n) is 2.26. The van der Waals surface area contributed by atoms with Crippen molar-refractivity contribution in [2.45, 2.75) is 13.0 Å². The van der Waals surface area contributed by atoms with Crippen LogP contribution in [0.15, 0.2) is 35.5 Å². The van der Waals surface area contributed by atoms with E-state index in [1.807, 2.05) is 30.3 Å². The van der Waals surface area contributed by atoms with Crippen molar-refractivity contribution >= 4 is 5.84 Å². The first-order valence-electron chi connectivity index (χ1n) is 4.37. The van der Waals surface area contributed by atoms with Gasteiger partial charge >= 0.3 is 0 Å². The summed E-state index contributed by atoms with van der Waals surface area (Å²) in [5.41, 5.74) is 0.967. The van der Waals surface area contributed by atoms with E-state index in [9.17, 15) is 0 Å². The molecule has 1 saturated heterocycles. The maximum atomic E-state index is 8.85. The summed E-state index contributed by atoms with van der Waals surface area (Å²) in [6, 6.07) is 10.2. The number of oxime groups is 1. The van der Waals surface area contributed by atoms with Gasteiger partial charge in [0, 0.05) is 18.2 Å². The lowest BCUT2D eigenvalue weighted by atomic mass is 10.2. The smallest absolute Gasteiger partial charge is 0.175 e. The minimum absolute atomic E-state index is 0.506. The lowest BCUT2D eigenvalue weighted by Crippen LogP contribution is -2.14. The van der Waals surface area contributed by atoms with E-state index in [0.717, 1.165) is 12.1 Å². The molecule has 3 nitrogen and oxygen atoms in total. The van der Waals surface area contributed by atoms with Crippen LogP contribution in [0.4, 0.5) is 0 Å². The highest BCUT2D eigenvalue weighted by atomic mass is 16.4.